The van der Waals surface area contributed by atoms with E-state index in [1.807, 2.05) is 0 Å². The standard InChI is InChI=1S/C8H16O3/c1-7(11)8(2,6-10)4-3-5-9/h3-4,7,9-11H,5-6H2,1-2H3/b4-3+/t7-,8-/m1/s1. The van der Waals surface area contributed by atoms with Crippen LogP contribution < -0.4 is 0 Å². The summed E-state index contributed by atoms with van der Waals surface area (Å²) < 4.78 is 0. The molecule has 0 saturated heterocycles. The summed E-state index contributed by atoms with van der Waals surface area (Å²) in [5.41, 5.74) is -0.636. The monoisotopic (exact) mass is 160 g/mol. The van der Waals surface area contributed by atoms with Crippen molar-refractivity contribution in [2.45, 2.75) is 20.0 Å². The lowest BCUT2D eigenvalue weighted by Gasteiger charge is -2.26. The van der Waals surface area contributed by atoms with Gasteiger partial charge < -0.3 is 15.3 Å². The fourth-order valence-electron chi connectivity index (χ4n) is 0.646. The Morgan fingerprint density at radius 3 is 2.27 bits per heavy atom. The van der Waals surface area contributed by atoms with E-state index in [0.29, 0.717) is 0 Å². The molecule has 3 heteroatoms. The molecule has 0 amide bonds. The van der Waals surface area contributed by atoms with E-state index in [2.05, 4.69) is 0 Å². The van der Waals surface area contributed by atoms with Crippen LogP contribution in [0, 0.1) is 5.41 Å². The predicted octanol–water partition coefficient (Wildman–Crippen LogP) is -0.0857. The number of hydrogen-bond acceptors (Lipinski definition) is 3. The highest BCUT2D eigenvalue weighted by molar-refractivity contribution is 4.99. The molecule has 0 aliphatic rings. The molecule has 0 rings (SSSR count). The second-order valence-electron chi connectivity index (χ2n) is 2.92. The molecule has 0 heterocycles. The van der Waals surface area contributed by atoms with Gasteiger partial charge in [-0.2, -0.15) is 0 Å². The van der Waals surface area contributed by atoms with Gasteiger partial charge in [-0.3, -0.25) is 0 Å². The van der Waals surface area contributed by atoms with Crippen LogP contribution in [0.4, 0.5) is 0 Å². The van der Waals surface area contributed by atoms with E-state index >= 15 is 0 Å². The van der Waals surface area contributed by atoms with E-state index in [9.17, 15) is 5.11 Å². The predicted molar refractivity (Wildman–Crippen MR) is 43.1 cm³/mol. The molecule has 0 aliphatic heterocycles. The Labute approximate surface area is 67.0 Å². The normalized spacial score (nSPS) is 20.1. The fourth-order valence-corrected chi connectivity index (χ4v) is 0.646. The van der Waals surface area contributed by atoms with Gasteiger partial charge in [0.2, 0.25) is 0 Å². The van der Waals surface area contributed by atoms with Crippen molar-refractivity contribution < 1.29 is 15.3 Å². The van der Waals surface area contributed by atoms with Crippen molar-refractivity contribution >= 4 is 0 Å². The Bertz CT molecular complexity index is 131. The molecule has 0 saturated carbocycles. The molecule has 3 N–H and O–H groups in total. The van der Waals surface area contributed by atoms with Crippen molar-refractivity contribution in [3.8, 4) is 0 Å². The number of aliphatic hydroxyl groups excluding tert-OH is 3. The van der Waals surface area contributed by atoms with Crippen molar-refractivity contribution in [1.29, 1.82) is 0 Å². The molecule has 66 valence electrons. The first-order valence-corrected chi connectivity index (χ1v) is 3.64. The number of aliphatic hydroxyl groups is 3. The van der Waals surface area contributed by atoms with Gasteiger partial charge in [0.1, 0.15) is 0 Å². The Morgan fingerprint density at radius 2 is 2.00 bits per heavy atom. The topological polar surface area (TPSA) is 60.7 Å². The quantitative estimate of drug-likeness (QED) is 0.504. The molecule has 0 fully saturated rings. The summed E-state index contributed by atoms with van der Waals surface area (Å²) in [5.74, 6) is 0. The molecule has 0 radical (unpaired) electrons. The van der Waals surface area contributed by atoms with Crippen LogP contribution in [-0.2, 0) is 0 Å². The Kier molecular flexibility index (Phi) is 4.33. The largest absolute Gasteiger partial charge is 0.395 e. The summed E-state index contributed by atoms with van der Waals surface area (Å²) in [6.07, 6.45) is 2.52. The van der Waals surface area contributed by atoms with Gasteiger partial charge in [0.25, 0.3) is 0 Å². The minimum Gasteiger partial charge on any atom is -0.395 e. The summed E-state index contributed by atoms with van der Waals surface area (Å²) in [4.78, 5) is 0. The number of hydrogen-bond donors (Lipinski definition) is 3. The summed E-state index contributed by atoms with van der Waals surface area (Å²) in [7, 11) is 0. The van der Waals surface area contributed by atoms with Gasteiger partial charge in [-0.25, -0.2) is 0 Å². The maximum Gasteiger partial charge on any atom is 0.0622 e. The second kappa shape index (κ2) is 4.49. The molecule has 11 heavy (non-hydrogen) atoms. The third-order valence-corrected chi connectivity index (χ3v) is 1.90. The third kappa shape index (κ3) is 3.01. The second-order valence-corrected chi connectivity index (χ2v) is 2.92. The van der Waals surface area contributed by atoms with E-state index in [-0.39, 0.29) is 13.2 Å². The zero-order valence-corrected chi connectivity index (χ0v) is 6.99. The van der Waals surface area contributed by atoms with Gasteiger partial charge in [0, 0.05) is 5.41 Å². The van der Waals surface area contributed by atoms with E-state index in [4.69, 9.17) is 10.2 Å². The van der Waals surface area contributed by atoms with Gasteiger partial charge in [0.05, 0.1) is 19.3 Å². The zero-order chi connectivity index (χ0) is 8.91. The first-order valence-electron chi connectivity index (χ1n) is 3.64. The molecule has 0 spiro atoms. The lowest BCUT2D eigenvalue weighted by atomic mass is 9.86. The fraction of sp³-hybridized carbons (Fsp3) is 0.750. The van der Waals surface area contributed by atoms with Crippen LogP contribution in [0.15, 0.2) is 12.2 Å². The van der Waals surface area contributed by atoms with Crippen molar-refractivity contribution in [3.05, 3.63) is 12.2 Å². The third-order valence-electron chi connectivity index (χ3n) is 1.90. The molecule has 2 atom stereocenters. The lowest BCUT2D eigenvalue weighted by molar-refractivity contribution is 0.0404. The van der Waals surface area contributed by atoms with Crippen molar-refractivity contribution in [3.63, 3.8) is 0 Å². The van der Waals surface area contributed by atoms with E-state index in [1.54, 1.807) is 19.9 Å². The molecular weight excluding hydrogens is 144 g/mol. The SMILES string of the molecule is C[C@@H](O)[C@](C)(/C=C/CO)CO. The summed E-state index contributed by atoms with van der Waals surface area (Å²) in [5, 5.41) is 26.6. The Balaban J connectivity index is 4.21. The first-order chi connectivity index (χ1) is 5.06. The summed E-state index contributed by atoms with van der Waals surface area (Å²) >= 11 is 0. The molecule has 0 bridgehead atoms. The Hall–Kier alpha value is -0.380. The van der Waals surface area contributed by atoms with Gasteiger partial charge in [-0.1, -0.05) is 19.1 Å². The van der Waals surface area contributed by atoms with E-state index in [1.165, 1.54) is 6.08 Å². The van der Waals surface area contributed by atoms with Gasteiger partial charge in [0.15, 0.2) is 0 Å². The zero-order valence-electron chi connectivity index (χ0n) is 6.99. The van der Waals surface area contributed by atoms with E-state index < -0.39 is 11.5 Å². The lowest BCUT2D eigenvalue weighted by Crippen LogP contribution is -2.31. The maximum absolute atomic E-state index is 9.21. The molecule has 0 unspecified atom stereocenters. The molecule has 3 nitrogen and oxygen atoms in total. The molecule has 0 aromatic carbocycles. The molecule has 0 aliphatic carbocycles. The van der Waals surface area contributed by atoms with Crippen LogP contribution in [-0.4, -0.2) is 34.6 Å². The van der Waals surface area contributed by atoms with Crippen molar-refractivity contribution in [2.75, 3.05) is 13.2 Å². The molecule has 0 aromatic rings. The first kappa shape index (κ1) is 10.6. The van der Waals surface area contributed by atoms with Gasteiger partial charge >= 0.3 is 0 Å². The van der Waals surface area contributed by atoms with Gasteiger partial charge in [-0.05, 0) is 6.92 Å². The van der Waals surface area contributed by atoms with Gasteiger partial charge in [-0.15, -0.1) is 0 Å². The number of rotatable bonds is 4. The van der Waals surface area contributed by atoms with E-state index in [0.717, 1.165) is 0 Å². The average molecular weight is 160 g/mol. The van der Waals surface area contributed by atoms with Crippen LogP contribution in [0.1, 0.15) is 13.8 Å². The van der Waals surface area contributed by atoms with Crippen LogP contribution >= 0.6 is 0 Å². The summed E-state index contributed by atoms with van der Waals surface area (Å²) in [6, 6.07) is 0. The highest BCUT2D eigenvalue weighted by Gasteiger charge is 2.25. The van der Waals surface area contributed by atoms with Crippen LogP contribution in [0.5, 0.6) is 0 Å². The Morgan fingerprint density at radius 1 is 1.45 bits per heavy atom. The van der Waals surface area contributed by atoms with Crippen LogP contribution in [0.25, 0.3) is 0 Å². The molecular formula is C8H16O3. The highest BCUT2D eigenvalue weighted by Crippen LogP contribution is 2.21. The minimum absolute atomic E-state index is 0.0672. The minimum atomic E-state index is -0.636. The van der Waals surface area contributed by atoms with Crippen molar-refractivity contribution in [1.82, 2.24) is 0 Å². The van der Waals surface area contributed by atoms with Crippen LogP contribution in [0.2, 0.25) is 0 Å². The van der Waals surface area contributed by atoms with Crippen LogP contribution in [0.3, 0.4) is 0 Å². The molecule has 0 aromatic heterocycles. The smallest absolute Gasteiger partial charge is 0.0622 e. The highest BCUT2D eigenvalue weighted by atomic mass is 16.3. The summed E-state index contributed by atoms with van der Waals surface area (Å²) in [6.45, 7) is 3.14. The maximum atomic E-state index is 9.21. The average Bonchev–Trinajstić information content (AvgIpc) is 2.00. The van der Waals surface area contributed by atoms with Crippen molar-refractivity contribution in [2.24, 2.45) is 5.41 Å².